The van der Waals surface area contributed by atoms with Crippen molar-refractivity contribution in [1.29, 1.82) is 0 Å². The molecular weight excluding hydrogens is 715 g/mol. The van der Waals surface area contributed by atoms with Gasteiger partial charge in [-0.25, -0.2) is 0 Å². The number of hydrogen-bond acceptors (Lipinski definition) is 4. The highest BCUT2D eigenvalue weighted by molar-refractivity contribution is 5.76. The Labute approximate surface area is 363 Å². The van der Waals surface area contributed by atoms with Gasteiger partial charge in [-0.05, 0) is 38.5 Å². The Morgan fingerprint density at radius 3 is 1.00 bits per heavy atom. The molecule has 5 nitrogen and oxygen atoms in total. The van der Waals surface area contributed by atoms with Gasteiger partial charge in [0.2, 0.25) is 5.91 Å². The van der Waals surface area contributed by atoms with Crippen LogP contribution in [0.1, 0.15) is 296 Å². The molecule has 0 aliphatic carbocycles. The van der Waals surface area contributed by atoms with Gasteiger partial charge in [0.15, 0.2) is 0 Å². The Kier molecular flexibility index (Phi) is 48.0. The monoisotopic (exact) mass is 820 g/mol. The largest absolute Gasteiger partial charge is 0.394 e. The summed E-state index contributed by atoms with van der Waals surface area (Å²) in [5.74, 6) is -0.144. The Morgan fingerprint density at radius 1 is 0.414 bits per heavy atom. The van der Waals surface area contributed by atoms with E-state index in [9.17, 15) is 20.1 Å². The van der Waals surface area contributed by atoms with E-state index in [1.54, 1.807) is 0 Å². The fraction of sp³-hybridized carbons (Fsp3) is 0.943. The fourth-order valence-corrected chi connectivity index (χ4v) is 8.51. The molecule has 0 aromatic carbocycles. The minimum Gasteiger partial charge on any atom is -0.394 e. The summed E-state index contributed by atoms with van der Waals surface area (Å²) in [6.45, 7) is 4.21. The van der Waals surface area contributed by atoms with Gasteiger partial charge in [-0.2, -0.15) is 0 Å². The number of hydrogen-bond donors (Lipinski definition) is 4. The van der Waals surface area contributed by atoms with Crippen molar-refractivity contribution in [2.45, 2.75) is 315 Å². The molecule has 0 spiro atoms. The number of unbranched alkanes of at least 4 members (excludes halogenated alkanes) is 39. The van der Waals surface area contributed by atoms with E-state index < -0.39 is 18.2 Å². The van der Waals surface area contributed by atoms with Crippen molar-refractivity contribution in [3.63, 3.8) is 0 Å². The third kappa shape index (κ3) is 43.2. The standard InChI is InChI=1S/C53H105NO4/c1-3-5-7-9-11-13-15-17-19-21-23-25-26-28-30-32-34-36-38-40-42-44-46-48-52(57)54-50(49-55)53(58)51(56)47-45-43-41-39-37-35-33-31-29-27-24-22-20-18-16-14-12-10-8-6-4-2/h28,30,50-51,53,55-56,58H,3-27,29,31-49H2,1-2H3,(H,54,57)/b30-28-. The molecule has 0 fully saturated rings. The maximum absolute atomic E-state index is 12.5. The second-order valence-corrected chi connectivity index (χ2v) is 18.4. The third-order valence-corrected chi connectivity index (χ3v) is 12.6. The molecule has 4 N–H and O–H groups in total. The highest BCUT2D eigenvalue weighted by Gasteiger charge is 2.26. The van der Waals surface area contributed by atoms with Crippen LogP contribution in [-0.4, -0.2) is 46.1 Å². The van der Waals surface area contributed by atoms with Gasteiger partial charge in [-0.15, -0.1) is 0 Å². The van der Waals surface area contributed by atoms with Crippen LogP contribution in [0.25, 0.3) is 0 Å². The van der Waals surface area contributed by atoms with Crippen LogP contribution in [0.4, 0.5) is 0 Å². The molecule has 0 aromatic rings. The van der Waals surface area contributed by atoms with Gasteiger partial charge >= 0.3 is 0 Å². The zero-order valence-electron chi connectivity index (χ0n) is 39.5. The van der Waals surface area contributed by atoms with Crippen LogP contribution in [0.5, 0.6) is 0 Å². The Bertz CT molecular complexity index is 818. The maximum Gasteiger partial charge on any atom is 0.220 e. The fourth-order valence-electron chi connectivity index (χ4n) is 8.51. The van der Waals surface area contributed by atoms with E-state index in [-0.39, 0.29) is 12.5 Å². The second-order valence-electron chi connectivity index (χ2n) is 18.4. The second kappa shape index (κ2) is 48.8. The zero-order valence-corrected chi connectivity index (χ0v) is 39.5. The van der Waals surface area contributed by atoms with Gasteiger partial charge in [0.05, 0.1) is 18.8 Å². The number of carbonyl (C=O) groups excluding carboxylic acids is 1. The number of allylic oxidation sites excluding steroid dienone is 2. The van der Waals surface area contributed by atoms with Crippen molar-refractivity contribution >= 4 is 5.91 Å². The summed E-state index contributed by atoms with van der Waals surface area (Å²) < 4.78 is 0. The maximum atomic E-state index is 12.5. The van der Waals surface area contributed by atoms with Gasteiger partial charge in [-0.1, -0.05) is 264 Å². The molecule has 346 valence electrons. The molecule has 0 radical (unpaired) electrons. The Morgan fingerprint density at radius 2 is 0.690 bits per heavy atom. The van der Waals surface area contributed by atoms with E-state index >= 15 is 0 Å². The first-order valence-corrected chi connectivity index (χ1v) is 26.5. The molecule has 0 bridgehead atoms. The quantitative estimate of drug-likeness (QED) is 0.0364. The van der Waals surface area contributed by atoms with E-state index in [0.717, 1.165) is 32.1 Å². The summed E-state index contributed by atoms with van der Waals surface area (Å²) in [4.78, 5) is 12.5. The number of carbonyl (C=O) groups is 1. The molecule has 0 aromatic heterocycles. The summed E-state index contributed by atoms with van der Waals surface area (Å²) in [6, 6.07) is -0.809. The lowest BCUT2D eigenvalue weighted by atomic mass is 9.99. The van der Waals surface area contributed by atoms with E-state index in [2.05, 4.69) is 31.3 Å². The normalized spacial score (nSPS) is 13.4. The van der Waals surface area contributed by atoms with Crippen molar-refractivity contribution < 1.29 is 20.1 Å². The SMILES string of the molecule is CCCCCCCCCCCCCC/C=C\CCCCCCCCCC(=O)NC(CO)C(O)C(O)CCCCCCCCCCCCCCCCCCCCCCC. The first-order valence-electron chi connectivity index (χ1n) is 26.5. The van der Waals surface area contributed by atoms with Gasteiger partial charge in [0.25, 0.3) is 0 Å². The molecule has 3 atom stereocenters. The van der Waals surface area contributed by atoms with E-state index in [0.29, 0.717) is 12.8 Å². The number of rotatable bonds is 49. The molecule has 0 aliphatic rings. The third-order valence-electron chi connectivity index (χ3n) is 12.6. The summed E-state index contributed by atoms with van der Waals surface area (Å²) in [7, 11) is 0. The molecule has 5 heteroatoms. The van der Waals surface area contributed by atoms with Crippen LogP contribution in [-0.2, 0) is 4.79 Å². The van der Waals surface area contributed by atoms with Crippen LogP contribution in [0.2, 0.25) is 0 Å². The number of aliphatic hydroxyl groups is 3. The summed E-state index contributed by atoms with van der Waals surface area (Å²) >= 11 is 0. The summed E-state index contributed by atoms with van der Waals surface area (Å²) in [6.07, 6.45) is 59.2. The molecular formula is C53H105NO4. The molecule has 3 unspecified atom stereocenters. The van der Waals surface area contributed by atoms with Crippen LogP contribution in [0, 0.1) is 0 Å². The topological polar surface area (TPSA) is 89.8 Å². The first-order chi connectivity index (χ1) is 28.6. The van der Waals surface area contributed by atoms with Gasteiger partial charge < -0.3 is 20.6 Å². The van der Waals surface area contributed by atoms with Crippen molar-refractivity contribution in [2.24, 2.45) is 0 Å². The van der Waals surface area contributed by atoms with Gasteiger partial charge in [-0.3, -0.25) is 4.79 Å². The van der Waals surface area contributed by atoms with Crippen molar-refractivity contribution in [3.05, 3.63) is 12.2 Å². The molecule has 58 heavy (non-hydrogen) atoms. The molecule has 0 aliphatic heterocycles. The number of aliphatic hydroxyl groups excluding tert-OH is 3. The Hall–Kier alpha value is -0.910. The lowest BCUT2D eigenvalue weighted by Gasteiger charge is -2.26. The number of nitrogens with one attached hydrogen (secondary N) is 1. The van der Waals surface area contributed by atoms with Crippen molar-refractivity contribution in [3.8, 4) is 0 Å². The van der Waals surface area contributed by atoms with Crippen molar-refractivity contribution in [2.75, 3.05) is 6.61 Å². The molecule has 0 heterocycles. The number of amides is 1. The van der Waals surface area contributed by atoms with Crippen LogP contribution in [0.3, 0.4) is 0 Å². The summed E-state index contributed by atoms with van der Waals surface area (Å²) in [5.41, 5.74) is 0. The molecule has 0 saturated heterocycles. The smallest absolute Gasteiger partial charge is 0.220 e. The summed E-state index contributed by atoms with van der Waals surface area (Å²) in [5, 5.41) is 33.7. The highest BCUT2D eigenvalue weighted by Crippen LogP contribution is 2.18. The average Bonchev–Trinajstić information content (AvgIpc) is 3.23. The zero-order chi connectivity index (χ0) is 42.3. The molecule has 0 saturated carbocycles. The minimum atomic E-state index is -1.14. The highest BCUT2D eigenvalue weighted by atomic mass is 16.3. The first kappa shape index (κ1) is 57.1. The van der Waals surface area contributed by atoms with Crippen LogP contribution < -0.4 is 5.32 Å². The van der Waals surface area contributed by atoms with E-state index in [1.165, 1.54) is 238 Å². The lowest BCUT2D eigenvalue weighted by Crippen LogP contribution is -2.50. The van der Waals surface area contributed by atoms with Gasteiger partial charge in [0.1, 0.15) is 6.10 Å². The molecule has 1 amide bonds. The minimum absolute atomic E-state index is 0.144. The van der Waals surface area contributed by atoms with Crippen LogP contribution in [0.15, 0.2) is 12.2 Å². The predicted octanol–water partition coefficient (Wildman–Crippen LogP) is 15.9. The Balaban J connectivity index is 3.55. The van der Waals surface area contributed by atoms with E-state index in [1.807, 2.05) is 0 Å². The lowest BCUT2D eigenvalue weighted by molar-refractivity contribution is -0.124. The van der Waals surface area contributed by atoms with E-state index in [4.69, 9.17) is 0 Å². The average molecular weight is 820 g/mol. The predicted molar refractivity (Wildman–Crippen MR) is 255 cm³/mol. The van der Waals surface area contributed by atoms with Gasteiger partial charge in [0, 0.05) is 6.42 Å². The van der Waals surface area contributed by atoms with Crippen molar-refractivity contribution in [1.82, 2.24) is 5.32 Å². The molecule has 0 rings (SSSR count). The van der Waals surface area contributed by atoms with Crippen LogP contribution >= 0.6 is 0 Å².